The lowest BCUT2D eigenvalue weighted by molar-refractivity contribution is -0.116. The van der Waals surface area contributed by atoms with E-state index >= 15 is 0 Å². The molecule has 0 spiro atoms. The van der Waals surface area contributed by atoms with Gasteiger partial charge in [0.2, 0.25) is 15.9 Å². The van der Waals surface area contributed by atoms with Crippen molar-refractivity contribution >= 4 is 39.7 Å². The van der Waals surface area contributed by atoms with Crippen LogP contribution in [0.3, 0.4) is 0 Å². The van der Waals surface area contributed by atoms with E-state index in [1.807, 2.05) is 6.92 Å². The summed E-state index contributed by atoms with van der Waals surface area (Å²) in [4.78, 5) is 12.1. The summed E-state index contributed by atoms with van der Waals surface area (Å²) in [5, 5.41) is 6.09. The molecular formula is C15H24ClN3O3S. The molecule has 1 atom stereocenters. The highest BCUT2D eigenvalue weighted by atomic mass is 35.5. The molecular weight excluding hydrogens is 338 g/mol. The van der Waals surface area contributed by atoms with Gasteiger partial charge in [-0.1, -0.05) is 6.07 Å². The van der Waals surface area contributed by atoms with Crippen LogP contribution in [0.4, 0.5) is 11.4 Å². The van der Waals surface area contributed by atoms with Gasteiger partial charge in [0, 0.05) is 6.42 Å². The molecule has 1 aromatic carbocycles. The molecule has 1 amide bonds. The minimum absolute atomic E-state index is 0. The highest BCUT2D eigenvalue weighted by Gasteiger charge is 2.16. The summed E-state index contributed by atoms with van der Waals surface area (Å²) in [7, 11) is -3.38. The number of sulfonamides is 1. The van der Waals surface area contributed by atoms with Crippen molar-refractivity contribution in [3.8, 4) is 0 Å². The van der Waals surface area contributed by atoms with Gasteiger partial charge in [-0.3, -0.25) is 9.52 Å². The van der Waals surface area contributed by atoms with Gasteiger partial charge in [0.15, 0.2) is 0 Å². The molecule has 8 heteroatoms. The molecule has 0 aliphatic carbocycles. The number of amides is 1. The summed E-state index contributed by atoms with van der Waals surface area (Å²) in [5.41, 5.74) is 1.85. The van der Waals surface area contributed by atoms with Crippen LogP contribution in [0.1, 0.15) is 24.8 Å². The van der Waals surface area contributed by atoms with Crippen molar-refractivity contribution in [1.29, 1.82) is 0 Å². The van der Waals surface area contributed by atoms with E-state index < -0.39 is 10.0 Å². The Hall–Kier alpha value is -1.31. The first-order valence-electron chi connectivity index (χ1n) is 7.42. The number of anilines is 2. The van der Waals surface area contributed by atoms with Crippen LogP contribution in [0, 0.1) is 12.8 Å². The Balaban J connectivity index is 0.00000264. The number of nitrogens with one attached hydrogen (secondary N) is 3. The third-order valence-corrected chi connectivity index (χ3v) is 4.28. The average molecular weight is 362 g/mol. The van der Waals surface area contributed by atoms with Crippen LogP contribution in [-0.2, 0) is 14.8 Å². The molecule has 0 saturated carbocycles. The lowest BCUT2D eigenvalue weighted by Crippen LogP contribution is -2.17. The zero-order chi connectivity index (χ0) is 16.2. The van der Waals surface area contributed by atoms with Gasteiger partial charge < -0.3 is 10.6 Å². The number of carbonyl (C=O) groups is 1. The van der Waals surface area contributed by atoms with Crippen LogP contribution in [0.15, 0.2) is 18.2 Å². The molecule has 1 aromatic rings. The van der Waals surface area contributed by atoms with Gasteiger partial charge in [-0.15, -0.1) is 12.4 Å². The van der Waals surface area contributed by atoms with Crippen LogP contribution in [0.25, 0.3) is 0 Å². The van der Waals surface area contributed by atoms with Gasteiger partial charge in [-0.05, 0) is 56.5 Å². The Kier molecular flexibility index (Phi) is 7.31. The average Bonchev–Trinajstić information content (AvgIpc) is 2.91. The maximum Gasteiger partial charge on any atom is 0.229 e. The Labute approximate surface area is 143 Å². The molecule has 0 radical (unpaired) electrons. The standard InChI is InChI=1S/C15H23N3O3S.ClH/c1-11-3-5-13(18-22(2,20)21)14(9-11)17-15(19)6-4-12-7-8-16-10-12;/h3,5,9,12,16,18H,4,6-8,10H2,1-2H3,(H,17,19);1H. The van der Waals surface area contributed by atoms with Gasteiger partial charge in [0.05, 0.1) is 17.6 Å². The smallest absolute Gasteiger partial charge is 0.229 e. The van der Waals surface area contributed by atoms with Crippen molar-refractivity contribution in [2.45, 2.75) is 26.2 Å². The Morgan fingerprint density at radius 2 is 2.09 bits per heavy atom. The van der Waals surface area contributed by atoms with Crippen LogP contribution in [0.2, 0.25) is 0 Å². The van der Waals surface area contributed by atoms with Gasteiger partial charge in [0.1, 0.15) is 0 Å². The lowest BCUT2D eigenvalue weighted by Gasteiger charge is -2.14. The van der Waals surface area contributed by atoms with Crippen LogP contribution >= 0.6 is 12.4 Å². The maximum atomic E-state index is 12.1. The fourth-order valence-electron chi connectivity index (χ4n) is 2.56. The van der Waals surface area contributed by atoms with Crippen LogP contribution in [0.5, 0.6) is 0 Å². The maximum absolute atomic E-state index is 12.1. The normalized spacial score (nSPS) is 17.4. The van der Waals surface area contributed by atoms with E-state index in [0.29, 0.717) is 23.7 Å². The Morgan fingerprint density at radius 3 is 2.70 bits per heavy atom. The molecule has 1 aliphatic rings. The monoisotopic (exact) mass is 361 g/mol. The van der Waals surface area contributed by atoms with E-state index in [4.69, 9.17) is 0 Å². The summed E-state index contributed by atoms with van der Waals surface area (Å²) in [5.74, 6) is 0.464. The van der Waals surface area contributed by atoms with Crippen molar-refractivity contribution in [3.63, 3.8) is 0 Å². The number of benzene rings is 1. The minimum Gasteiger partial charge on any atom is -0.324 e. The molecule has 2 rings (SSSR count). The Morgan fingerprint density at radius 1 is 1.35 bits per heavy atom. The first-order chi connectivity index (χ1) is 10.3. The first-order valence-corrected chi connectivity index (χ1v) is 9.31. The molecule has 6 nitrogen and oxygen atoms in total. The highest BCUT2D eigenvalue weighted by Crippen LogP contribution is 2.24. The van der Waals surface area contributed by atoms with Crippen molar-refractivity contribution in [1.82, 2.24) is 5.32 Å². The molecule has 0 aromatic heterocycles. The van der Waals surface area contributed by atoms with Crippen molar-refractivity contribution < 1.29 is 13.2 Å². The van der Waals surface area contributed by atoms with Crippen LogP contribution < -0.4 is 15.4 Å². The molecule has 1 heterocycles. The molecule has 23 heavy (non-hydrogen) atoms. The van der Waals surface area contributed by atoms with E-state index in [-0.39, 0.29) is 18.3 Å². The van der Waals surface area contributed by atoms with E-state index in [2.05, 4.69) is 15.4 Å². The summed E-state index contributed by atoms with van der Waals surface area (Å²) in [6.07, 6.45) is 3.49. The molecule has 1 fully saturated rings. The molecule has 3 N–H and O–H groups in total. The quantitative estimate of drug-likeness (QED) is 0.724. The summed E-state index contributed by atoms with van der Waals surface area (Å²) in [6.45, 7) is 3.88. The van der Waals surface area contributed by atoms with Crippen LogP contribution in [-0.4, -0.2) is 33.7 Å². The predicted octanol–water partition coefficient (Wildman–Crippen LogP) is 2.12. The van der Waals surface area contributed by atoms with Crippen molar-refractivity contribution in [3.05, 3.63) is 23.8 Å². The predicted molar refractivity (Wildman–Crippen MR) is 95.7 cm³/mol. The third-order valence-electron chi connectivity index (χ3n) is 3.69. The number of rotatable bonds is 6. The summed E-state index contributed by atoms with van der Waals surface area (Å²) in [6, 6.07) is 5.22. The highest BCUT2D eigenvalue weighted by molar-refractivity contribution is 7.92. The minimum atomic E-state index is -3.38. The van der Waals surface area contributed by atoms with Gasteiger partial charge in [0.25, 0.3) is 0 Å². The number of hydrogen-bond acceptors (Lipinski definition) is 4. The van der Waals surface area contributed by atoms with E-state index in [9.17, 15) is 13.2 Å². The fraction of sp³-hybridized carbons (Fsp3) is 0.533. The molecule has 1 unspecified atom stereocenters. The van der Waals surface area contributed by atoms with Crippen molar-refractivity contribution in [2.24, 2.45) is 5.92 Å². The van der Waals surface area contributed by atoms with E-state index in [1.54, 1.807) is 18.2 Å². The number of aryl methyl sites for hydroxylation is 1. The molecule has 0 bridgehead atoms. The topological polar surface area (TPSA) is 87.3 Å². The van der Waals surface area contributed by atoms with E-state index in [1.165, 1.54) is 0 Å². The third kappa shape index (κ3) is 6.76. The number of halogens is 1. The van der Waals surface area contributed by atoms with Gasteiger partial charge >= 0.3 is 0 Å². The second-order valence-corrected chi connectivity index (χ2v) is 7.62. The second kappa shape index (κ2) is 8.52. The molecule has 1 aliphatic heterocycles. The van der Waals surface area contributed by atoms with Gasteiger partial charge in [-0.25, -0.2) is 8.42 Å². The number of carbonyl (C=O) groups excluding carboxylic acids is 1. The molecule has 1 saturated heterocycles. The fourth-order valence-corrected chi connectivity index (χ4v) is 3.14. The summed E-state index contributed by atoms with van der Waals surface area (Å²) < 4.78 is 25.2. The largest absolute Gasteiger partial charge is 0.324 e. The zero-order valence-corrected chi connectivity index (χ0v) is 15.0. The van der Waals surface area contributed by atoms with Gasteiger partial charge in [-0.2, -0.15) is 0 Å². The SMILES string of the molecule is Cc1ccc(NS(C)(=O)=O)c(NC(=O)CCC2CCNC2)c1.Cl. The lowest BCUT2D eigenvalue weighted by atomic mass is 10.0. The summed E-state index contributed by atoms with van der Waals surface area (Å²) >= 11 is 0. The zero-order valence-electron chi connectivity index (χ0n) is 13.4. The van der Waals surface area contributed by atoms with E-state index in [0.717, 1.165) is 37.8 Å². The van der Waals surface area contributed by atoms with Crippen molar-refractivity contribution in [2.75, 3.05) is 29.4 Å². The molecule has 130 valence electrons. The second-order valence-electron chi connectivity index (χ2n) is 5.87. The number of hydrogen-bond donors (Lipinski definition) is 3. The Bertz CT molecular complexity index is 643. The first kappa shape index (κ1) is 19.7.